The normalized spacial score (nSPS) is 19.6. The highest BCUT2D eigenvalue weighted by Crippen LogP contribution is 2.38. The number of thioether (sulfide) groups is 1. The third kappa shape index (κ3) is 7.08. The molecule has 0 bridgehead atoms. The molecule has 0 radical (unpaired) electrons. The molecule has 0 aliphatic carbocycles. The van der Waals surface area contributed by atoms with Gasteiger partial charge in [0.1, 0.15) is 0 Å². The van der Waals surface area contributed by atoms with E-state index in [1.807, 2.05) is 60.3 Å². The lowest BCUT2D eigenvalue weighted by Gasteiger charge is -2.44. The molecule has 30 heavy (non-hydrogen) atoms. The van der Waals surface area contributed by atoms with Gasteiger partial charge in [-0.15, -0.1) is 6.58 Å². The standard InChI is InChI=1S/C19H26ClNOS.C6H5Cl/c1-4-6-15-9-12-18(14-7-10-16(20)11-8-14)21(19(15)22)17(5-2)13-23-3;7-6-4-2-1-3-5-6/h4,7-8,10-11,15,17-18H,1,5-6,9,12-13H2,2-3H3;1-5H/t15?,17-,18?;/m0./s1. The number of hydrogen-bond donors (Lipinski definition) is 0. The van der Waals surface area contributed by atoms with Crippen molar-refractivity contribution in [2.24, 2.45) is 5.92 Å². The van der Waals surface area contributed by atoms with Gasteiger partial charge in [-0.2, -0.15) is 11.8 Å². The first kappa shape index (κ1) is 24.8. The summed E-state index contributed by atoms with van der Waals surface area (Å²) >= 11 is 13.4. The van der Waals surface area contributed by atoms with E-state index >= 15 is 0 Å². The Hall–Kier alpha value is -1.42. The number of hydrogen-bond acceptors (Lipinski definition) is 2. The van der Waals surface area contributed by atoms with Gasteiger partial charge in [0.05, 0.1) is 6.04 Å². The number of likely N-dealkylation sites (tertiary alicyclic amines) is 1. The van der Waals surface area contributed by atoms with E-state index in [2.05, 4.69) is 36.8 Å². The molecule has 2 nitrogen and oxygen atoms in total. The SMILES string of the molecule is C=CCC1CCC(c2ccc(Cl)cc2)N([C@@H](CC)CSC)C1=O.Clc1ccccc1. The van der Waals surface area contributed by atoms with Crippen molar-refractivity contribution in [1.82, 2.24) is 4.90 Å². The molecule has 1 saturated heterocycles. The van der Waals surface area contributed by atoms with Gasteiger partial charge in [0, 0.05) is 27.8 Å². The van der Waals surface area contributed by atoms with Crippen LogP contribution in [0.1, 0.15) is 44.2 Å². The fraction of sp³-hybridized carbons (Fsp3) is 0.400. The molecule has 2 aromatic carbocycles. The molecule has 1 heterocycles. The van der Waals surface area contributed by atoms with E-state index in [1.54, 1.807) is 0 Å². The van der Waals surface area contributed by atoms with Crippen molar-refractivity contribution < 1.29 is 4.79 Å². The lowest BCUT2D eigenvalue weighted by atomic mass is 9.85. The van der Waals surface area contributed by atoms with Crippen molar-refractivity contribution in [2.75, 3.05) is 12.0 Å². The number of carbonyl (C=O) groups is 1. The lowest BCUT2D eigenvalue weighted by molar-refractivity contribution is -0.144. The predicted molar refractivity (Wildman–Crippen MR) is 132 cm³/mol. The highest BCUT2D eigenvalue weighted by atomic mass is 35.5. The summed E-state index contributed by atoms with van der Waals surface area (Å²) in [6, 6.07) is 17.9. The van der Waals surface area contributed by atoms with Crippen LogP contribution in [0.3, 0.4) is 0 Å². The second-order valence-corrected chi connectivity index (χ2v) is 9.21. The number of nitrogens with zero attached hydrogens (tertiary/aromatic N) is 1. The fourth-order valence-electron chi connectivity index (χ4n) is 3.85. The van der Waals surface area contributed by atoms with E-state index in [0.717, 1.165) is 41.5 Å². The Kier molecular flexibility index (Phi) is 10.8. The Morgan fingerprint density at radius 2 is 1.73 bits per heavy atom. The first-order valence-electron chi connectivity index (χ1n) is 10.4. The molecule has 0 saturated carbocycles. The molecule has 0 spiro atoms. The minimum Gasteiger partial charge on any atom is -0.332 e. The Morgan fingerprint density at radius 1 is 1.10 bits per heavy atom. The van der Waals surface area contributed by atoms with Gasteiger partial charge in [0.2, 0.25) is 5.91 Å². The van der Waals surface area contributed by atoms with Gasteiger partial charge in [0.15, 0.2) is 0 Å². The maximum atomic E-state index is 13.1. The number of allylic oxidation sites excluding steroid dienone is 1. The van der Waals surface area contributed by atoms with Gasteiger partial charge in [-0.3, -0.25) is 4.79 Å². The summed E-state index contributed by atoms with van der Waals surface area (Å²) in [7, 11) is 0. The molecule has 1 aliphatic heterocycles. The first-order valence-corrected chi connectivity index (χ1v) is 12.5. The van der Waals surface area contributed by atoms with E-state index in [4.69, 9.17) is 23.2 Å². The Bertz CT molecular complexity index is 781. The van der Waals surface area contributed by atoms with Crippen LogP contribution in [0.4, 0.5) is 0 Å². The van der Waals surface area contributed by atoms with Crippen molar-refractivity contribution in [3.05, 3.63) is 82.9 Å². The molecular formula is C25H31Cl2NOS. The number of amides is 1. The van der Waals surface area contributed by atoms with Crippen LogP contribution < -0.4 is 0 Å². The summed E-state index contributed by atoms with van der Waals surface area (Å²) in [6.07, 6.45) is 7.69. The molecule has 3 atom stereocenters. The lowest BCUT2D eigenvalue weighted by Crippen LogP contribution is -2.49. The van der Waals surface area contributed by atoms with Crippen LogP contribution in [-0.4, -0.2) is 28.9 Å². The summed E-state index contributed by atoms with van der Waals surface area (Å²) in [4.78, 5) is 15.2. The summed E-state index contributed by atoms with van der Waals surface area (Å²) in [6.45, 7) is 5.98. The molecule has 5 heteroatoms. The molecule has 2 unspecified atom stereocenters. The van der Waals surface area contributed by atoms with E-state index in [9.17, 15) is 4.79 Å². The molecule has 0 N–H and O–H groups in total. The largest absolute Gasteiger partial charge is 0.332 e. The number of rotatable bonds is 7. The van der Waals surface area contributed by atoms with Crippen LogP contribution in [-0.2, 0) is 4.79 Å². The van der Waals surface area contributed by atoms with Gasteiger partial charge in [-0.1, -0.05) is 66.5 Å². The maximum Gasteiger partial charge on any atom is 0.226 e. The summed E-state index contributed by atoms with van der Waals surface area (Å²) < 4.78 is 0. The number of piperidine rings is 1. The third-order valence-electron chi connectivity index (χ3n) is 5.39. The maximum absolute atomic E-state index is 13.1. The van der Waals surface area contributed by atoms with Crippen LogP contribution >= 0.6 is 35.0 Å². The zero-order chi connectivity index (χ0) is 21.9. The number of halogens is 2. The van der Waals surface area contributed by atoms with Gasteiger partial charge >= 0.3 is 0 Å². The highest BCUT2D eigenvalue weighted by molar-refractivity contribution is 7.98. The smallest absolute Gasteiger partial charge is 0.226 e. The zero-order valence-electron chi connectivity index (χ0n) is 17.8. The van der Waals surface area contributed by atoms with E-state index in [0.29, 0.717) is 0 Å². The van der Waals surface area contributed by atoms with Crippen LogP contribution in [0.2, 0.25) is 10.0 Å². The minimum absolute atomic E-state index is 0.0898. The molecule has 2 aromatic rings. The summed E-state index contributed by atoms with van der Waals surface area (Å²) in [5.74, 6) is 1.36. The molecule has 1 fully saturated rings. The van der Waals surface area contributed by atoms with E-state index in [-0.39, 0.29) is 23.9 Å². The third-order valence-corrected chi connectivity index (χ3v) is 6.61. The van der Waals surface area contributed by atoms with Crippen LogP contribution in [0, 0.1) is 5.92 Å². The van der Waals surface area contributed by atoms with Crippen molar-refractivity contribution in [3.63, 3.8) is 0 Å². The Balaban J connectivity index is 0.000000386. The van der Waals surface area contributed by atoms with E-state index in [1.165, 1.54) is 5.56 Å². The topological polar surface area (TPSA) is 20.3 Å². The first-order chi connectivity index (χ1) is 14.5. The summed E-state index contributed by atoms with van der Waals surface area (Å²) in [5.41, 5.74) is 1.19. The van der Waals surface area contributed by atoms with Crippen molar-refractivity contribution in [3.8, 4) is 0 Å². The Labute approximate surface area is 195 Å². The van der Waals surface area contributed by atoms with Crippen LogP contribution in [0.25, 0.3) is 0 Å². The molecule has 3 rings (SSSR count). The Morgan fingerprint density at radius 3 is 2.23 bits per heavy atom. The van der Waals surface area contributed by atoms with Crippen molar-refractivity contribution >= 4 is 40.9 Å². The molecular weight excluding hydrogens is 433 g/mol. The summed E-state index contributed by atoms with van der Waals surface area (Å²) in [5, 5.41) is 1.53. The predicted octanol–water partition coefficient (Wildman–Crippen LogP) is 7.68. The zero-order valence-corrected chi connectivity index (χ0v) is 20.1. The average molecular weight is 465 g/mol. The van der Waals surface area contributed by atoms with Gasteiger partial charge in [-0.05, 0) is 61.8 Å². The minimum atomic E-state index is 0.0898. The molecule has 162 valence electrons. The number of benzene rings is 2. The quantitative estimate of drug-likeness (QED) is 0.392. The molecule has 1 aliphatic rings. The van der Waals surface area contributed by atoms with Gasteiger partial charge in [0.25, 0.3) is 0 Å². The van der Waals surface area contributed by atoms with Gasteiger partial charge in [-0.25, -0.2) is 0 Å². The monoisotopic (exact) mass is 463 g/mol. The van der Waals surface area contributed by atoms with Gasteiger partial charge < -0.3 is 4.90 Å². The fourth-order valence-corrected chi connectivity index (χ4v) is 4.91. The second-order valence-electron chi connectivity index (χ2n) is 7.42. The van der Waals surface area contributed by atoms with Crippen molar-refractivity contribution in [2.45, 2.75) is 44.7 Å². The average Bonchev–Trinajstić information content (AvgIpc) is 2.75. The van der Waals surface area contributed by atoms with E-state index < -0.39 is 0 Å². The van der Waals surface area contributed by atoms with Crippen LogP contribution in [0.5, 0.6) is 0 Å². The molecule has 1 amide bonds. The van der Waals surface area contributed by atoms with Crippen molar-refractivity contribution in [1.29, 1.82) is 0 Å². The second kappa shape index (κ2) is 13.1. The molecule has 0 aromatic heterocycles. The van der Waals surface area contributed by atoms with Crippen LogP contribution in [0.15, 0.2) is 67.3 Å². The number of carbonyl (C=O) groups excluding carboxylic acids is 1. The highest BCUT2D eigenvalue weighted by Gasteiger charge is 2.38.